The molecular formula is C11H11F2N3O2. The van der Waals surface area contributed by atoms with Gasteiger partial charge >= 0.3 is 0 Å². The molecule has 1 fully saturated rings. The normalized spacial score (nSPS) is 17.3. The topological polar surface area (TPSA) is 87.7 Å². The summed E-state index contributed by atoms with van der Waals surface area (Å²) in [6.45, 7) is 0. The van der Waals surface area contributed by atoms with Gasteiger partial charge in [0.25, 0.3) is 0 Å². The van der Waals surface area contributed by atoms with E-state index < -0.39 is 23.0 Å². The van der Waals surface area contributed by atoms with Crippen LogP contribution in [0.4, 0.5) is 14.5 Å². The van der Waals surface area contributed by atoms with Gasteiger partial charge < -0.3 is 16.3 Å². The standard InChI is InChI=1S/C11H11F2N3O2/c12-7-2-1-6(5-8(7)13)15-10(17)11(3-4-11)9(14)16-18/h1-2,5,18H,3-4H2,(H2,14,16)(H,15,17). The molecule has 96 valence electrons. The SMILES string of the molecule is N/C(=N/O)C1(C(=O)Nc2ccc(F)c(F)c2)CC1. The van der Waals surface area contributed by atoms with E-state index in [1.54, 1.807) is 0 Å². The van der Waals surface area contributed by atoms with Crippen LogP contribution in [0.1, 0.15) is 12.8 Å². The van der Waals surface area contributed by atoms with Crippen molar-refractivity contribution < 1.29 is 18.8 Å². The molecule has 1 aliphatic rings. The fourth-order valence-electron chi connectivity index (χ4n) is 1.64. The highest BCUT2D eigenvalue weighted by atomic mass is 19.2. The second kappa shape index (κ2) is 4.25. The summed E-state index contributed by atoms with van der Waals surface area (Å²) in [5.41, 5.74) is 4.52. The Kier molecular flexibility index (Phi) is 2.90. The summed E-state index contributed by atoms with van der Waals surface area (Å²) in [4.78, 5) is 11.9. The average molecular weight is 255 g/mol. The van der Waals surface area contributed by atoms with Crippen LogP contribution in [0.25, 0.3) is 0 Å². The summed E-state index contributed by atoms with van der Waals surface area (Å²) in [6, 6.07) is 3.02. The Morgan fingerprint density at radius 3 is 2.56 bits per heavy atom. The van der Waals surface area contributed by atoms with E-state index in [1.807, 2.05) is 0 Å². The van der Waals surface area contributed by atoms with Crippen LogP contribution in [0.3, 0.4) is 0 Å². The first-order valence-electron chi connectivity index (χ1n) is 5.24. The molecular weight excluding hydrogens is 244 g/mol. The summed E-state index contributed by atoms with van der Waals surface area (Å²) >= 11 is 0. The number of amidine groups is 1. The molecule has 4 N–H and O–H groups in total. The number of carbonyl (C=O) groups is 1. The van der Waals surface area contributed by atoms with Gasteiger partial charge in [-0.1, -0.05) is 5.16 Å². The molecule has 5 nitrogen and oxygen atoms in total. The molecule has 0 atom stereocenters. The second-order valence-corrected chi connectivity index (χ2v) is 4.15. The zero-order valence-corrected chi connectivity index (χ0v) is 9.28. The molecule has 1 aromatic rings. The number of anilines is 1. The molecule has 0 unspecified atom stereocenters. The number of halogens is 2. The van der Waals surface area contributed by atoms with Crippen molar-refractivity contribution in [2.24, 2.45) is 16.3 Å². The Labute approximate surface area is 101 Å². The molecule has 1 aliphatic carbocycles. The monoisotopic (exact) mass is 255 g/mol. The maximum atomic E-state index is 13.0. The van der Waals surface area contributed by atoms with Gasteiger partial charge in [-0.2, -0.15) is 0 Å². The molecule has 7 heteroatoms. The number of nitrogens with one attached hydrogen (secondary N) is 1. The number of oxime groups is 1. The minimum absolute atomic E-state index is 0.121. The van der Waals surface area contributed by atoms with Crippen LogP contribution in [0, 0.1) is 17.0 Å². The number of amides is 1. The van der Waals surface area contributed by atoms with Gasteiger partial charge in [-0.25, -0.2) is 8.78 Å². The molecule has 18 heavy (non-hydrogen) atoms. The van der Waals surface area contributed by atoms with Crippen molar-refractivity contribution in [1.82, 2.24) is 0 Å². The zero-order chi connectivity index (χ0) is 13.3. The lowest BCUT2D eigenvalue weighted by Gasteiger charge is -2.13. The van der Waals surface area contributed by atoms with Gasteiger partial charge in [0.2, 0.25) is 5.91 Å². The molecule has 0 radical (unpaired) electrons. The van der Waals surface area contributed by atoms with Crippen LogP contribution < -0.4 is 11.1 Å². The second-order valence-electron chi connectivity index (χ2n) is 4.15. The quantitative estimate of drug-likeness (QED) is 0.330. The summed E-state index contributed by atoms with van der Waals surface area (Å²) < 4.78 is 25.7. The maximum Gasteiger partial charge on any atom is 0.238 e. The zero-order valence-electron chi connectivity index (χ0n) is 9.28. The van der Waals surface area contributed by atoms with Gasteiger partial charge in [-0.3, -0.25) is 4.79 Å². The van der Waals surface area contributed by atoms with E-state index in [2.05, 4.69) is 10.5 Å². The third-order valence-corrected chi connectivity index (χ3v) is 2.96. The Morgan fingerprint density at radius 1 is 1.39 bits per heavy atom. The van der Waals surface area contributed by atoms with Crippen LogP contribution in [-0.4, -0.2) is 17.0 Å². The lowest BCUT2D eigenvalue weighted by Crippen LogP contribution is -2.36. The summed E-state index contributed by atoms with van der Waals surface area (Å²) in [6.07, 6.45) is 0.913. The molecule has 0 saturated heterocycles. The van der Waals surface area contributed by atoms with E-state index in [1.165, 1.54) is 6.07 Å². The molecule has 0 aliphatic heterocycles. The molecule has 0 aromatic heterocycles. The van der Waals surface area contributed by atoms with Crippen molar-refractivity contribution in [2.75, 3.05) is 5.32 Å². The fourth-order valence-corrected chi connectivity index (χ4v) is 1.64. The average Bonchev–Trinajstić information content (AvgIpc) is 3.14. The van der Waals surface area contributed by atoms with Gasteiger partial charge in [-0.15, -0.1) is 0 Å². The smallest absolute Gasteiger partial charge is 0.238 e. The molecule has 1 saturated carbocycles. The Morgan fingerprint density at radius 2 is 2.06 bits per heavy atom. The highest BCUT2D eigenvalue weighted by Crippen LogP contribution is 2.46. The van der Waals surface area contributed by atoms with Crippen molar-refractivity contribution in [3.05, 3.63) is 29.8 Å². The fraction of sp³-hybridized carbons (Fsp3) is 0.273. The van der Waals surface area contributed by atoms with E-state index in [0.717, 1.165) is 12.1 Å². The third kappa shape index (κ3) is 1.99. The third-order valence-electron chi connectivity index (χ3n) is 2.96. The summed E-state index contributed by atoms with van der Waals surface area (Å²) in [7, 11) is 0. The highest BCUT2D eigenvalue weighted by molar-refractivity contribution is 6.14. The molecule has 1 aromatic carbocycles. The number of nitrogens with two attached hydrogens (primary N) is 1. The predicted molar refractivity (Wildman–Crippen MR) is 60.1 cm³/mol. The van der Waals surface area contributed by atoms with Crippen LogP contribution in [0.2, 0.25) is 0 Å². The number of nitrogens with zero attached hydrogens (tertiary/aromatic N) is 1. The van der Waals surface area contributed by atoms with Gasteiger partial charge in [-0.05, 0) is 25.0 Å². The molecule has 0 heterocycles. The number of rotatable bonds is 3. The molecule has 0 spiro atoms. The van der Waals surface area contributed by atoms with E-state index in [-0.39, 0.29) is 11.5 Å². The Hall–Kier alpha value is -2.18. The summed E-state index contributed by atoms with van der Waals surface area (Å²) in [5, 5.41) is 13.8. The minimum atomic E-state index is -1.05. The molecule has 0 bridgehead atoms. The van der Waals surface area contributed by atoms with Gasteiger partial charge in [0, 0.05) is 11.8 Å². The number of hydrogen-bond donors (Lipinski definition) is 3. The molecule has 1 amide bonds. The number of benzene rings is 1. The van der Waals surface area contributed by atoms with Crippen molar-refractivity contribution in [3.8, 4) is 0 Å². The van der Waals surface area contributed by atoms with Gasteiger partial charge in [0.05, 0.1) is 0 Å². The van der Waals surface area contributed by atoms with Gasteiger partial charge in [0.15, 0.2) is 17.5 Å². The van der Waals surface area contributed by atoms with Crippen molar-refractivity contribution in [3.63, 3.8) is 0 Å². The van der Waals surface area contributed by atoms with E-state index >= 15 is 0 Å². The predicted octanol–water partition coefficient (Wildman–Crippen LogP) is 1.43. The number of hydrogen-bond acceptors (Lipinski definition) is 3. The lowest BCUT2D eigenvalue weighted by atomic mass is 10.1. The maximum absolute atomic E-state index is 13.0. The first kappa shape index (κ1) is 12.3. The largest absolute Gasteiger partial charge is 0.409 e. The van der Waals surface area contributed by atoms with E-state index in [4.69, 9.17) is 10.9 Å². The van der Waals surface area contributed by atoms with Crippen molar-refractivity contribution in [2.45, 2.75) is 12.8 Å². The number of carbonyl (C=O) groups excluding carboxylic acids is 1. The minimum Gasteiger partial charge on any atom is -0.409 e. The van der Waals surface area contributed by atoms with E-state index in [0.29, 0.717) is 12.8 Å². The summed E-state index contributed by atoms with van der Waals surface area (Å²) in [5.74, 6) is -2.72. The van der Waals surface area contributed by atoms with Crippen molar-refractivity contribution >= 4 is 17.4 Å². The highest BCUT2D eigenvalue weighted by Gasteiger charge is 2.54. The Balaban J connectivity index is 2.15. The van der Waals surface area contributed by atoms with E-state index in [9.17, 15) is 13.6 Å². The Bertz CT molecular complexity index is 527. The van der Waals surface area contributed by atoms with Crippen LogP contribution in [0.15, 0.2) is 23.4 Å². The lowest BCUT2D eigenvalue weighted by molar-refractivity contribution is -0.119. The van der Waals surface area contributed by atoms with Crippen molar-refractivity contribution in [1.29, 1.82) is 0 Å². The van der Waals surface area contributed by atoms with Crippen LogP contribution >= 0.6 is 0 Å². The first-order valence-corrected chi connectivity index (χ1v) is 5.24. The first-order chi connectivity index (χ1) is 8.49. The van der Waals surface area contributed by atoms with Crippen LogP contribution in [0.5, 0.6) is 0 Å². The van der Waals surface area contributed by atoms with Gasteiger partial charge in [0.1, 0.15) is 5.41 Å². The van der Waals surface area contributed by atoms with Crippen LogP contribution in [-0.2, 0) is 4.79 Å². The molecule has 2 rings (SSSR count).